The number of thioether (sulfide) groups is 1. The molecule has 3 rings (SSSR count). The molecule has 1 aromatic carbocycles. The van der Waals surface area contributed by atoms with Crippen LogP contribution in [0.15, 0.2) is 29.4 Å². The molecule has 9 heteroatoms. The Hall–Kier alpha value is -2.39. The first kappa shape index (κ1) is 25.2. The number of nitrogens with zero attached hydrogens (tertiary/aromatic N) is 5. The SMILES string of the molecule is CCCn1c(SCC(=O)N2CCN(CC(=O)NC(C)(C)C)CC2)nnc1-c1cccc(C)c1. The van der Waals surface area contributed by atoms with Gasteiger partial charge in [0, 0.05) is 43.8 Å². The molecule has 1 aliphatic rings. The lowest BCUT2D eigenvalue weighted by Gasteiger charge is -2.34. The van der Waals surface area contributed by atoms with E-state index >= 15 is 0 Å². The first-order valence-electron chi connectivity index (χ1n) is 11.6. The Labute approximate surface area is 201 Å². The number of hydrogen-bond acceptors (Lipinski definition) is 6. The average Bonchev–Trinajstić information content (AvgIpc) is 3.14. The number of aromatic nitrogens is 3. The van der Waals surface area contributed by atoms with Crippen LogP contribution in [0.3, 0.4) is 0 Å². The van der Waals surface area contributed by atoms with Gasteiger partial charge in [0.15, 0.2) is 11.0 Å². The number of rotatable bonds is 8. The molecule has 2 heterocycles. The number of amides is 2. The number of carbonyl (C=O) groups is 2. The smallest absolute Gasteiger partial charge is 0.234 e. The Kier molecular flexibility index (Phi) is 8.53. The van der Waals surface area contributed by atoms with E-state index < -0.39 is 0 Å². The summed E-state index contributed by atoms with van der Waals surface area (Å²) in [5, 5.41) is 12.6. The van der Waals surface area contributed by atoms with Gasteiger partial charge >= 0.3 is 0 Å². The molecule has 8 nitrogen and oxygen atoms in total. The van der Waals surface area contributed by atoms with Crippen LogP contribution in [0, 0.1) is 6.92 Å². The predicted molar refractivity (Wildman–Crippen MR) is 132 cm³/mol. The van der Waals surface area contributed by atoms with Crippen molar-refractivity contribution in [3.63, 3.8) is 0 Å². The van der Waals surface area contributed by atoms with Gasteiger partial charge in [-0.2, -0.15) is 0 Å². The fraction of sp³-hybridized carbons (Fsp3) is 0.583. The van der Waals surface area contributed by atoms with Crippen molar-refractivity contribution in [3.8, 4) is 11.4 Å². The van der Waals surface area contributed by atoms with E-state index in [0.29, 0.717) is 38.5 Å². The molecule has 2 amide bonds. The number of carbonyl (C=O) groups excluding carboxylic acids is 2. The summed E-state index contributed by atoms with van der Waals surface area (Å²) in [6.45, 7) is 14.0. The average molecular weight is 473 g/mol. The van der Waals surface area contributed by atoms with Crippen LogP contribution in [0.25, 0.3) is 11.4 Å². The summed E-state index contributed by atoms with van der Waals surface area (Å²) in [5.41, 5.74) is 1.99. The zero-order valence-electron chi connectivity index (χ0n) is 20.4. The minimum atomic E-state index is -0.233. The molecule has 1 fully saturated rings. The first-order chi connectivity index (χ1) is 15.7. The molecular formula is C24H36N6O2S. The van der Waals surface area contributed by atoms with Crippen LogP contribution in [-0.4, -0.2) is 80.4 Å². The van der Waals surface area contributed by atoms with Gasteiger partial charge in [0.1, 0.15) is 0 Å². The van der Waals surface area contributed by atoms with Crippen LogP contribution in [0.5, 0.6) is 0 Å². The standard InChI is InChI=1S/C24H36N6O2S/c1-6-10-30-22(19-9-7-8-18(2)15-19)26-27-23(30)33-17-21(32)29-13-11-28(12-14-29)16-20(31)25-24(3,4)5/h7-9,15H,6,10-14,16-17H2,1-5H3,(H,25,31). The van der Waals surface area contributed by atoms with Gasteiger partial charge in [-0.05, 0) is 40.2 Å². The molecule has 0 atom stereocenters. The van der Waals surface area contributed by atoms with Crippen molar-refractivity contribution in [1.29, 1.82) is 0 Å². The Balaban J connectivity index is 1.53. The summed E-state index contributed by atoms with van der Waals surface area (Å²) in [4.78, 5) is 29.0. The number of benzene rings is 1. The number of aryl methyl sites for hydroxylation is 1. The topological polar surface area (TPSA) is 83.4 Å². The summed E-state index contributed by atoms with van der Waals surface area (Å²) in [6, 6.07) is 8.24. The predicted octanol–water partition coefficient (Wildman–Crippen LogP) is 2.81. The maximum Gasteiger partial charge on any atom is 0.234 e. The normalized spacial score (nSPS) is 15.0. The van der Waals surface area contributed by atoms with E-state index in [9.17, 15) is 9.59 Å². The lowest BCUT2D eigenvalue weighted by molar-refractivity contribution is -0.130. The Bertz CT molecular complexity index is 960. The van der Waals surface area contributed by atoms with Crippen LogP contribution in [0.1, 0.15) is 39.7 Å². The summed E-state index contributed by atoms with van der Waals surface area (Å²) in [5.74, 6) is 1.30. The quantitative estimate of drug-likeness (QED) is 0.595. The fourth-order valence-electron chi connectivity index (χ4n) is 3.85. The van der Waals surface area contributed by atoms with Crippen LogP contribution in [0.4, 0.5) is 0 Å². The van der Waals surface area contributed by atoms with Gasteiger partial charge in [-0.25, -0.2) is 0 Å². The highest BCUT2D eigenvalue weighted by molar-refractivity contribution is 7.99. The molecule has 1 aromatic heterocycles. The third kappa shape index (κ3) is 7.30. The van der Waals surface area contributed by atoms with Crippen molar-refractivity contribution >= 4 is 23.6 Å². The van der Waals surface area contributed by atoms with Crippen molar-refractivity contribution in [2.45, 2.75) is 58.3 Å². The van der Waals surface area contributed by atoms with Crippen molar-refractivity contribution in [2.75, 3.05) is 38.5 Å². The van der Waals surface area contributed by atoms with E-state index in [0.717, 1.165) is 29.5 Å². The summed E-state index contributed by atoms with van der Waals surface area (Å²) >= 11 is 1.45. The van der Waals surface area contributed by atoms with E-state index in [1.54, 1.807) is 0 Å². The molecule has 0 spiro atoms. The van der Waals surface area contributed by atoms with E-state index in [1.165, 1.54) is 17.3 Å². The highest BCUT2D eigenvalue weighted by Crippen LogP contribution is 2.25. The molecule has 0 bridgehead atoms. The number of piperazine rings is 1. The largest absolute Gasteiger partial charge is 0.350 e. The van der Waals surface area contributed by atoms with Crippen LogP contribution in [-0.2, 0) is 16.1 Å². The maximum absolute atomic E-state index is 12.8. The van der Waals surface area contributed by atoms with Gasteiger partial charge in [-0.3, -0.25) is 14.5 Å². The van der Waals surface area contributed by atoms with Gasteiger partial charge < -0.3 is 14.8 Å². The fourth-order valence-corrected chi connectivity index (χ4v) is 4.72. The summed E-state index contributed by atoms with van der Waals surface area (Å²) in [7, 11) is 0. The second-order valence-electron chi connectivity index (χ2n) is 9.57. The van der Waals surface area contributed by atoms with E-state index in [1.807, 2.05) is 37.8 Å². The van der Waals surface area contributed by atoms with Gasteiger partial charge in [0.25, 0.3) is 0 Å². The van der Waals surface area contributed by atoms with Crippen LogP contribution < -0.4 is 5.32 Å². The van der Waals surface area contributed by atoms with Crippen molar-refractivity contribution in [3.05, 3.63) is 29.8 Å². The van der Waals surface area contributed by atoms with E-state index in [2.05, 4.69) is 51.0 Å². The second-order valence-corrected chi connectivity index (χ2v) is 10.5. The summed E-state index contributed by atoms with van der Waals surface area (Å²) in [6.07, 6.45) is 0.961. The highest BCUT2D eigenvalue weighted by atomic mass is 32.2. The molecule has 1 aliphatic heterocycles. The third-order valence-electron chi connectivity index (χ3n) is 5.37. The second kappa shape index (κ2) is 11.2. The minimum absolute atomic E-state index is 0.0255. The van der Waals surface area contributed by atoms with Crippen LogP contribution in [0.2, 0.25) is 0 Å². The van der Waals surface area contributed by atoms with Crippen LogP contribution >= 0.6 is 11.8 Å². The molecule has 33 heavy (non-hydrogen) atoms. The van der Waals surface area contributed by atoms with E-state index in [4.69, 9.17) is 0 Å². The van der Waals surface area contributed by atoms with Gasteiger partial charge in [0.05, 0.1) is 12.3 Å². The maximum atomic E-state index is 12.8. The Morgan fingerprint density at radius 1 is 1.12 bits per heavy atom. The van der Waals surface area contributed by atoms with Gasteiger partial charge in [0.2, 0.25) is 11.8 Å². The lowest BCUT2D eigenvalue weighted by Crippen LogP contribution is -2.53. The molecular weight excluding hydrogens is 436 g/mol. The molecule has 0 saturated carbocycles. The van der Waals surface area contributed by atoms with E-state index in [-0.39, 0.29) is 17.4 Å². The van der Waals surface area contributed by atoms with Gasteiger partial charge in [-0.15, -0.1) is 10.2 Å². The summed E-state index contributed by atoms with van der Waals surface area (Å²) < 4.78 is 2.11. The Morgan fingerprint density at radius 2 is 1.85 bits per heavy atom. The molecule has 2 aromatic rings. The first-order valence-corrected chi connectivity index (χ1v) is 12.6. The van der Waals surface area contributed by atoms with Crippen molar-refractivity contribution in [2.24, 2.45) is 0 Å². The molecule has 0 radical (unpaired) electrons. The molecule has 180 valence electrons. The van der Waals surface area contributed by atoms with Gasteiger partial charge in [-0.1, -0.05) is 42.4 Å². The Morgan fingerprint density at radius 3 is 2.48 bits per heavy atom. The zero-order chi connectivity index (χ0) is 24.0. The molecule has 0 aliphatic carbocycles. The van der Waals surface area contributed by atoms with Crippen molar-refractivity contribution in [1.82, 2.24) is 29.9 Å². The number of hydrogen-bond donors (Lipinski definition) is 1. The highest BCUT2D eigenvalue weighted by Gasteiger charge is 2.24. The van der Waals surface area contributed by atoms with Crippen molar-refractivity contribution < 1.29 is 9.59 Å². The number of nitrogens with one attached hydrogen (secondary N) is 1. The molecule has 1 saturated heterocycles. The molecule has 1 N–H and O–H groups in total. The monoisotopic (exact) mass is 472 g/mol. The molecule has 0 unspecified atom stereocenters. The lowest BCUT2D eigenvalue weighted by atomic mass is 10.1. The zero-order valence-corrected chi connectivity index (χ0v) is 21.2. The third-order valence-corrected chi connectivity index (χ3v) is 6.32. The minimum Gasteiger partial charge on any atom is -0.350 e.